The van der Waals surface area contributed by atoms with Crippen molar-refractivity contribution in [1.82, 2.24) is 15.2 Å². The highest BCUT2D eigenvalue weighted by atomic mass is 32.1. The minimum atomic E-state index is -0.452. The smallest absolute Gasteiger partial charge is 0.244 e. The van der Waals surface area contributed by atoms with Crippen molar-refractivity contribution in [2.24, 2.45) is 0 Å². The van der Waals surface area contributed by atoms with Crippen LogP contribution < -0.4 is 5.32 Å². The van der Waals surface area contributed by atoms with Crippen LogP contribution in [0.5, 0.6) is 0 Å². The van der Waals surface area contributed by atoms with Crippen LogP contribution in [0.1, 0.15) is 37.6 Å². The number of carbonyl (C=O) groups excluding carboxylic acids is 2. The Bertz CT molecular complexity index is 686. The summed E-state index contributed by atoms with van der Waals surface area (Å²) in [5.74, 6) is 0.255. The minimum absolute atomic E-state index is 0.00273. The van der Waals surface area contributed by atoms with E-state index in [2.05, 4.69) is 11.4 Å². The number of benzene rings is 1. The molecule has 1 atom stereocenters. The Morgan fingerprint density at radius 3 is 2.65 bits per heavy atom. The van der Waals surface area contributed by atoms with Crippen LogP contribution in [0.4, 0.5) is 0 Å². The maximum Gasteiger partial charge on any atom is 0.244 e. The average molecular weight is 331 g/mol. The monoisotopic (exact) mass is 331 g/mol. The molecule has 23 heavy (non-hydrogen) atoms. The second-order valence-electron chi connectivity index (χ2n) is 6.04. The molecular formula is C17H21N3O2S. The largest absolute Gasteiger partial charge is 0.345 e. The van der Waals surface area contributed by atoms with Crippen molar-refractivity contribution in [1.29, 1.82) is 0 Å². The first kappa shape index (κ1) is 15.9. The first-order chi connectivity index (χ1) is 11.0. The molecule has 1 unspecified atom stereocenters. The lowest BCUT2D eigenvalue weighted by atomic mass is 9.97. The van der Waals surface area contributed by atoms with Crippen LogP contribution in [0.25, 0.3) is 10.2 Å². The van der Waals surface area contributed by atoms with Gasteiger partial charge >= 0.3 is 0 Å². The van der Waals surface area contributed by atoms with Crippen LogP contribution in [0.3, 0.4) is 0 Å². The summed E-state index contributed by atoms with van der Waals surface area (Å²) >= 11 is 1.76. The molecule has 1 aromatic carbocycles. The minimum Gasteiger partial charge on any atom is -0.345 e. The van der Waals surface area contributed by atoms with E-state index in [-0.39, 0.29) is 11.8 Å². The number of fused-ring (bicyclic) bond motifs is 1. The molecule has 2 heterocycles. The predicted octanol–water partition coefficient (Wildman–Crippen LogP) is 2.53. The summed E-state index contributed by atoms with van der Waals surface area (Å²) in [5, 5.41) is 3.83. The SMILES string of the molecule is CC(=O)NC(C)C(=O)N1CCC(c2nc3ccccc3s2)CC1. The molecule has 1 N–H and O–H groups in total. The number of aromatic nitrogens is 1. The molecule has 0 bridgehead atoms. The molecule has 0 saturated carbocycles. The van der Waals surface area contributed by atoms with Gasteiger partial charge in [-0.1, -0.05) is 12.1 Å². The van der Waals surface area contributed by atoms with Gasteiger partial charge in [0.1, 0.15) is 6.04 Å². The van der Waals surface area contributed by atoms with Gasteiger partial charge in [0, 0.05) is 25.9 Å². The zero-order chi connectivity index (χ0) is 16.4. The van der Waals surface area contributed by atoms with Gasteiger partial charge in [0.2, 0.25) is 11.8 Å². The molecule has 1 aliphatic heterocycles. The van der Waals surface area contributed by atoms with E-state index in [9.17, 15) is 9.59 Å². The standard InChI is InChI=1S/C17H21N3O2S/c1-11(18-12(2)21)17(22)20-9-7-13(8-10-20)16-19-14-5-3-4-6-15(14)23-16/h3-6,11,13H,7-10H2,1-2H3,(H,18,21). The second kappa shape index (κ2) is 6.66. The molecular weight excluding hydrogens is 310 g/mol. The summed E-state index contributed by atoms with van der Waals surface area (Å²) in [7, 11) is 0. The number of likely N-dealkylation sites (tertiary alicyclic amines) is 1. The Kier molecular flexibility index (Phi) is 4.61. The number of thiazole rings is 1. The molecule has 1 aromatic heterocycles. The number of hydrogen-bond donors (Lipinski definition) is 1. The molecule has 1 fully saturated rings. The Balaban J connectivity index is 1.61. The molecule has 1 saturated heterocycles. The van der Waals surface area contributed by atoms with E-state index in [0.717, 1.165) is 31.4 Å². The van der Waals surface area contributed by atoms with Gasteiger partial charge in [-0.15, -0.1) is 11.3 Å². The van der Waals surface area contributed by atoms with E-state index in [4.69, 9.17) is 4.98 Å². The summed E-state index contributed by atoms with van der Waals surface area (Å²) in [5.41, 5.74) is 1.06. The van der Waals surface area contributed by atoms with Crippen LogP contribution >= 0.6 is 11.3 Å². The first-order valence-corrected chi connectivity index (χ1v) is 8.77. The lowest BCUT2D eigenvalue weighted by molar-refractivity contribution is -0.136. The molecule has 6 heteroatoms. The van der Waals surface area contributed by atoms with Gasteiger partial charge in [-0.05, 0) is 31.9 Å². The van der Waals surface area contributed by atoms with Crippen molar-refractivity contribution in [2.75, 3.05) is 13.1 Å². The van der Waals surface area contributed by atoms with E-state index in [1.165, 1.54) is 16.6 Å². The summed E-state index contributed by atoms with van der Waals surface area (Å²) in [4.78, 5) is 30.0. The number of piperidine rings is 1. The van der Waals surface area contributed by atoms with Gasteiger partial charge in [-0.25, -0.2) is 4.98 Å². The van der Waals surface area contributed by atoms with Crippen molar-refractivity contribution in [3.8, 4) is 0 Å². The zero-order valence-electron chi connectivity index (χ0n) is 13.4. The Morgan fingerprint density at radius 2 is 2.00 bits per heavy atom. The van der Waals surface area contributed by atoms with E-state index in [1.807, 2.05) is 23.1 Å². The maximum absolute atomic E-state index is 12.3. The van der Waals surface area contributed by atoms with Crippen molar-refractivity contribution in [3.05, 3.63) is 29.3 Å². The van der Waals surface area contributed by atoms with E-state index >= 15 is 0 Å². The van der Waals surface area contributed by atoms with Crippen molar-refractivity contribution in [2.45, 2.75) is 38.6 Å². The topological polar surface area (TPSA) is 62.3 Å². The highest BCUT2D eigenvalue weighted by Gasteiger charge is 2.28. The van der Waals surface area contributed by atoms with Crippen molar-refractivity contribution < 1.29 is 9.59 Å². The highest BCUT2D eigenvalue weighted by molar-refractivity contribution is 7.18. The number of amides is 2. The number of hydrogen-bond acceptors (Lipinski definition) is 4. The fraction of sp³-hybridized carbons (Fsp3) is 0.471. The Labute approximate surface area is 139 Å². The quantitative estimate of drug-likeness (QED) is 0.940. The lowest BCUT2D eigenvalue weighted by Gasteiger charge is -2.32. The summed E-state index contributed by atoms with van der Waals surface area (Å²) < 4.78 is 1.22. The molecule has 3 rings (SSSR count). The molecule has 122 valence electrons. The summed E-state index contributed by atoms with van der Waals surface area (Å²) in [6, 6.07) is 7.74. The predicted molar refractivity (Wildman–Crippen MR) is 91.5 cm³/mol. The fourth-order valence-electron chi connectivity index (χ4n) is 3.05. The first-order valence-electron chi connectivity index (χ1n) is 7.96. The van der Waals surface area contributed by atoms with Gasteiger partial charge in [-0.2, -0.15) is 0 Å². The van der Waals surface area contributed by atoms with Crippen molar-refractivity contribution in [3.63, 3.8) is 0 Å². The van der Waals surface area contributed by atoms with Crippen LogP contribution in [0.15, 0.2) is 24.3 Å². The van der Waals surface area contributed by atoms with Crippen LogP contribution in [-0.2, 0) is 9.59 Å². The third-order valence-corrected chi connectivity index (χ3v) is 5.46. The van der Waals surface area contributed by atoms with Crippen LogP contribution in [0.2, 0.25) is 0 Å². The maximum atomic E-state index is 12.3. The molecule has 2 aromatic rings. The average Bonchev–Trinajstić information content (AvgIpc) is 2.97. The van der Waals surface area contributed by atoms with E-state index in [0.29, 0.717) is 5.92 Å². The zero-order valence-corrected chi connectivity index (χ0v) is 14.2. The van der Waals surface area contributed by atoms with Gasteiger partial charge < -0.3 is 10.2 Å². The number of para-hydroxylation sites is 1. The van der Waals surface area contributed by atoms with Gasteiger partial charge in [0.05, 0.1) is 15.2 Å². The lowest BCUT2D eigenvalue weighted by Crippen LogP contribution is -2.48. The van der Waals surface area contributed by atoms with E-state index < -0.39 is 6.04 Å². The normalized spacial score (nSPS) is 17.2. The molecule has 0 radical (unpaired) electrons. The number of rotatable bonds is 3. The molecule has 2 amide bonds. The fourth-order valence-corrected chi connectivity index (χ4v) is 4.19. The van der Waals surface area contributed by atoms with Gasteiger partial charge in [-0.3, -0.25) is 9.59 Å². The van der Waals surface area contributed by atoms with Crippen LogP contribution in [0, 0.1) is 0 Å². The second-order valence-corrected chi connectivity index (χ2v) is 7.10. The molecule has 0 spiro atoms. The Hall–Kier alpha value is -1.95. The van der Waals surface area contributed by atoms with Crippen LogP contribution in [-0.4, -0.2) is 40.8 Å². The molecule has 1 aliphatic rings. The van der Waals surface area contributed by atoms with Crippen molar-refractivity contribution >= 4 is 33.4 Å². The van der Waals surface area contributed by atoms with Gasteiger partial charge in [0.25, 0.3) is 0 Å². The summed E-state index contributed by atoms with van der Waals surface area (Å²) in [6.45, 7) is 4.62. The summed E-state index contributed by atoms with van der Waals surface area (Å²) in [6.07, 6.45) is 1.86. The molecule has 5 nitrogen and oxygen atoms in total. The number of nitrogens with one attached hydrogen (secondary N) is 1. The number of carbonyl (C=O) groups is 2. The third-order valence-electron chi connectivity index (χ3n) is 4.26. The highest BCUT2D eigenvalue weighted by Crippen LogP contribution is 2.33. The number of nitrogens with zero attached hydrogens (tertiary/aromatic N) is 2. The van der Waals surface area contributed by atoms with E-state index in [1.54, 1.807) is 18.3 Å². The molecule has 0 aliphatic carbocycles. The van der Waals surface area contributed by atoms with Gasteiger partial charge in [0.15, 0.2) is 0 Å². The Morgan fingerprint density at radius 1 is 1.30 bits per heavy atom. The third kappa shape index (κ3) is 3.52.